The van der Waals surface area contributed by atoms with Crippen molar-refractivity contribution in [1.29, 1.82) is 0 Å². The predicted octanol–water partition coefficient (Wildman–Crippen LogP) is -1.08. The van der Waals surface area contributed by atoms with Crippen LogP contribution >= 0.6 is 0 Å². The quantitative estimate of drug-likeness (QED) is 0.517. The van der Waals surface area contributed by atoms with Crippen LogP contribution in [0.1, 0.15) is 25.3 Å². The topological polar surface area (TPSA) is 96.7 Å². The average molecular weight is 184 g/mol. The molecule has 1 fully saturated rings. The van der Waals surface area contributed by atoms with Gasteiger partial charge in [-0.3, -0.25) is 0 Å². The van der Waals surface area contributed by atoms with Crippen LogP contribution in [0.4, 0.5) is 0 Å². The molecule has 6 nitrogen and oxygen atoms in total. The van der Waals surface area contributed by atoms with Crippen molar-refractivity contribution in [1.82, 2.24) is 14.8 Å². The first-order valence-electron chi connectivity index (χ1n) is 4.35. The van der Waals surface area contributed by atoms with Gasteiger partial charge in [-0.05, 0) is 19.3 Å². The normalized spacial score (nSPS) is 28.1. The van der Waals surface area contributed by atoms with Crippen LogP contribution in [-0.4, -0.2) is 20.8 Å². The van der Waals surface area contributed by atoms with Gasteiger partial charge in [-0.1, -0.05) is 0 Å². The third kappa shape index (κ3) is 1.23. The van der Waals surface area contributed by atoms with Gasteiger partial charge in [-0.15, -0.1) is 0 Å². The van der Waals surface area contributed by atoms with Crippen LogP contribution in [0.3, 0.4) is 0 Å². The van der Waals surface area contributed by atoms with Crippen LogP contribution in [0.2, 0.25) is 0 Å². The average Bonchev–Trinajstić information content (AvgIpc) is 2.60. The Morgan fingerprint density at radius 2 is 1.85 bits per heavy atom. The van der Waals surface area contributed by atoms with E-state index in [1.807, 2.05) is 0 Å². The molecule has 6 heteroatoms. The Hall–Kier alpha value is -1.30. The van der Waals surface area contributed by atoms with E-state index < -0.39 is 11.4 Å². The highest BCUT2D eigenvalue weighted by molar-refractivity contribution is 4.87. The summed E-state index contributed by atoms with van der Waals surface area (Å²) in [4.78, 5) is 22.4. The summed E-state index contributed by atoms with van der Waals surface area (Å²) in [6.07, 6.45) is 2.66. The number of nitrogens with one attached hydrogen (secondary N) is 2. The summed E-state index contributed by atoms with van der Waals surface area (Å²) in [5.74, 6) is 0. The zero-order valence-corrected chi connectivity index (χ0v) is 7.12. The minimum absolute atomic E-state index is 0.0744. The third-order valence-electron chi connectivity index (χ3n) is 2.58. The van der Waals surface area contributed by atoms with E-state index in [2.05, 4.69) is 10.2 Å². The van der Waals surface area contributed by atoms with Crippen molar-refractivity contribution in [2.24, 2.45) is 5.73 Å². The Balaban J connectivity index is 2.45. The molecule has 0 radical (unpaired) electrons. The molecule has 72 valence electrons. The molecule has 0 aromatic carbocycles. The third-order valence-corrected chi connectivity index (χ3v) is 2.58. The molecule has 1 aromatic heterocycles. The maximum Gasteiger partial charge on any atom is 0.344 e. The molecule has 0 aliphatic heterocycles. The predicted molar refractivity (Wildman–Crippen MR) is 46.5 cm³/mol. The molecule has 1 heterocycles. The lowest BCUT2D eigenvalue weighted by atomic mass is 10.2. The Labute approximate surface area is 73.7 Å². The summed E-state index contributed by atoms with van der Waals surface area (Å²) in [5.41, 5.74) is 4.99. The van der Waals surface area contributed by atoms with E-state index >= 15 is 0 Å². The molecule has 2 atom stereocenters. The van der Waals surface area contributed by atoms with Gasteiger partial charge in [0.2, 0.25) is 0 Å². The van der Waals surface area contributed by atoms with Crippen LogP contribution in [-0.2, 0) is 0 Å². The molecule has 0 bridgehead atoms. The summed E-state index contributed by atoms with van der Waals surface area (Å²) in [5, 5.41) is 4.50. The number of nitrogens with two attached hydrogens (primary N) is 1. The van der Waals surface area contributed by atoms with Gasteiger partial charge in [0, 0.05) is 6.04 Å². The maximum absolute atomic E-state index is 11.2. The summed E-state index contributed by atoms with van der Waals surface area (Å²) < 4.78 is 1.18. The lowest BCUT2D eigenvalue weighted by Crippen LogP contribution is -2.38. The molecule has 1 saturated carbocycles. The highest BCUT2D eigenvalue weighted by Crippen LogP contribution is 2.25. The fourth-order valence-electron chi connectivity index (χ4n) is 1.91. The number of hydrogen-bond acceptors (Lipinski definition) is 3. The van der Waals surface area contributed by atoms with Gasteiger partial charge in [0.15, 0.2) is 0 Å². The second-order valence-electron chi connectivity index (χ2n) is 3.39. The lowest BCUT2D eigenvalue weighted by molar-refractivity contribution is 0.440. The summed E-state index contributed by atoms with van der Waals surface area (Å²) >= 11 is 0. The van der Waals surface area contributed by atoms with Gasteiger partial charge in [0.25, 0.3) is 0 Å². The number of aromatic amines is 2. The van der Waals surface area contributed by atoms with Crippen molar-refractivity contribution in [3.8, 4) is 0 Å². The molecule has 0 amide bonds. The Kier molecular flexibility index (Phi) is 1.84. The van der Waals surface area contributed by atoms with Crippen LogP contribution in [0.15, 0.2) is 9.59 Å². The molecule has 13 heavy (non-hydrogen) atoms. The number of nitrogens with zero attached hydrogens (tertiary/aromatic N) is 1. The molecule has 2 rings (SSSR count). The zero-order valence-electron chi connectivity index (χ0n) is 7.12. The van der Waals surface area contributed by atoms with E-state index in [-0.39, 0.29) is 12.1 Å². The summed E-state index contributed by atoms with van der Waals surface area (Å²) in [6, 6.07) is -0.211. The SMILES string of the molecule is NC1CCCC1n1c(=O)[nH][nH]c1=O. The zero-order chi connectivity index (χ0) is 9.42. The van der Waals surface area contributed by atoms with E-state index in [1.54, 1.807) is 0 Å². The van der Waals surface area contributed by atoms with E-state index in [9.17, 15) is 9.59 Å². The molecule has 0 saturated heterocycles. The number of hydrogen-bond donors (Lipinski definition) is 3. The van der Waals surface area contributed by atoms with Crippen LogP contribution in [0, 0.1) is 0 Å². The van der Waals surface area contributed by atoms with E-state index in [0.717, 1.165) is 19.3 Å². The van der Waals surface area contributed by atoms with Gasteiger partial charge in [-0.2, -0.15) is 0 Å². The second-order valence-corrected chi connectivity index (χ2v) is 3.39. The largest absolute Gasteiger partial charge is 0.344 e. The number of rotatable bonds is 1. The first kappa shape index (κ1) is 8.31. The lowest BCUT2D eigenvalue weighted by Gasteiger charge is -2.13. The Bertz CT molecular complexity index is 374. The smallest absolute Gasteiger partial charge is 0.326 e. The molecular weight excluding hydrogens is 172 g/mol. The molecule has 1 aromatic rings. The van der Waals surface area contributed by atoms with Crippen LogP contribution < -0.4 is 17.1 Å². The van der Waals surface area contributed by atoms with Gasteiger partial charge >= 0.3 is 11.4 Å². The number of aromatic nitrogens is 3. The number of H-pyrrole nitrogens is 2. The molecule has 4 N–H and O–H groups in total. The first-order chi connectivity index (χ1) is 6.20. The molecular formula is C7H12N4O2. The molecule has 2 unspecified atom stereocenters. The van der Waals surface area contributed by atoms with Gasteiger partial charge < -0.3 is 5.73 Å². The highest BCUT2D eigenvalue weighted by Gasteiger charge is 2.28. The van der Waals surface area contributed by atoms with Crippen molar-refractivity contribution in [3.05, 3.63) is 21.0 Å². The van der Waals surface area contributed by atoms with Crippen LogP contribution in [0.25, 0.3) is 0 Å². The molecule has 1 aliphatic carbocycles. The standard InChI is InChI=1S/C7H12N4O2/c8-4-2-1-3-5(4)11-6(12)9-10-7(11)13/h4-5H,1-3,8H2,(H,9,12)(H,10,13). The van der Waals surface area contributed by atoms with E-state index in [0.29, 0.717) is 0 Å². The fourth-order valence-corrected chi connectivity index (χ4v) is 1.91. The monoisotopic (exact) mass is 184 g/mol. The Morgan fingerprint density at radius 3 is 2.31 bits per heavy atom. The maximum atomic E-state index is 11.2. The van der Waals surface area contributed by atoms with E-state index in [4.69, 9.17) is 5.73 Å². The van der Waals surface area contributed by atoms with Crippen molar-refractivity contribution >= 4 is 0 Å². The van der Waals surface area contributed by atoms with Crippen molar-refractivity contribution in [3.63, 3.8) is 0 Å². The second kappa shape index (κ2) is 2.88. The molecule has 0 spiro atoms. The van der Waals surface area contributed by atoms with Crippen molar-refractivity contribution < 1.29 is 0 Å². The fraction of sp³-hybridized carbons (Fsp3) is 0.714. The van der Waals surface area contributed by atoms with Gasteiger partial charge in [0.1, 0.15) is 0 Å². The summed E-state index contributed by atoms with van der Waals surface area (Å²) in [7, 11) is 0. The van der Waals surface area contributed by atoms with Crippen LogP contribution in [0.5, 0.6) is 0 Å². The van der Waals surface area contributed by atoms with Gasteiger partial charge in [0.05, 0.1) is 6.04 Å². The summed E-state index contributed by atoms with van der Waals surface area (Å²) in [6.45, 7) is 0. The van der Waals surface area contributed by atoms with Crippen molar-refractivity contribution in [2.45, 2.75) is 31.3 Å². The minimum Gasteiger partial charge on any atom is -0.326 e. The van der Waals surface area contributed by atoms with E-state index in [1.165, 1.54) is 4.57 Å². The molecule has 1 aliphatic rings. The Morgan fingerprint density at radius 1 is 1.23 bits per heavy atom. The van der Waals surface area contributed by atoms with Crippen molar-refractivity contribution in [2.75, 3.05) is 0 Å². The minimum atomic E-state index is -0.396. The highest BCUT2D eigenvalue weighted by atomic mass is 16.2. The first-order valence-corrected chi connectivity index (χ1v) is 4.35. The van der Waals surface area contributed by atoms with Gasteiger partial charge in [-0.25, -0.2) is 24.4 Å².